The Hall–Kier alpha value is -1.51. The van der Waals surface area contributed by atoms with Crippen molar-refractivity contribution in [2.45, 2.75) is 53.2 Å². The van der Waals surface area contributed by atoms with E-state index in [1.165, 1.54) is 6.92 Å². The van der Waals surface area contributed by atoms with Gasteiger partial charge in [0.2, 0.25) is 0 Å². The quantitative estimate of drug-likeness (QED) is 0.782. The lowest BCUT2D eigenvalue weighted by Crippen LogP contribution is -2.17. The topological polar surface area (TPSA) is 38.3 Å². The second kappa shape index (κ2) is 7.04. The highest BCUT2D eigenvalue weighted by Crippen LogP contribution is 2.18. The molecule has 0 aliphatic carbocycles. The van der Waals surface area contributed by atoms with E-state index in [9.17, 15) is 4.79 Å². The van der Waals surface area contributed by atoms with E-state index in [-0.39, 0.29) is 5.97 Å². The molecule has 0 heterocycles. The summed E-state index contributed by atoms with van der Waals surface area (Å²) >= 11 is 0. The number of benzene rings is 1. The maximum absolute atomic E-state index is 10.8. The van der Waals surface area contributed by atoms with Crippen molar-refractivity contribution in [3.63, 3.8) is 0 Å². The molecule has 0 saturated heterocycles. The minimum absolute atomic E-state index is 0.243. The molecule has 0 bridgehead atoms. The molecule has 0 aromatic heterocycles. The molecule has 0 spiro atoms. The minimum atomic E-state index is -0.243. The van der Waals surface area contributed by atoms with Gasteiger partial charge >= 0.3 is 5.97 Å². The number of ether oxygens (including phenoxy) is 1. The molecule has 100 valence electrons. The number of esters is 1. The Kier molecular flexibility index (Phi) is 5.69. The first-order valence-corrected chi connectivity index (χ1v) is 6.56. The SMILES string of the molecule is CCC(CC)Nc1ccc(C)c(COC(C)=O)c1. The smallest absolute Gasteiger partial charge is 0.302 e. The monoisotopic (exact) mass is 249 g/mol. The van der Waals surface area contributed by atoms with E-state index in [1.54, 1.807) is 0 Å². The lowest BCUT2D eigenvalue weighted by Gasteiger charge is -2.17. The van der Waals surface area contributed by atoms with Gasteiger partial charge in [-0.25, -0.2) is 0 Å². The molecule has 18 heavy (non-hydrogen) atoms. The summed E-state index contributed by atoms with van der Waals surface area (Å²) in [5.41, 5.74) is 3.30. The predicted octanol–water partition coefficient (Wildman–Crippen LogP) is 3.66. The van der Waals surface area contributed by atoms with E-state index in [1.807, 2.05) is 6.92 Å². The van der Waals surface area contributed by atoms with Crippen LogP contribution in [0.3, 0.4) is 0 Å². The fourth-order valence-electron chi connectivity index (χ4n) is 1.82. The molecule has 1 N–H and O–H groups in total. The van der Waals surface area contributed by atoms with Gasteiger partial charge in [0.25, 0.3) is 0 Å². The van der Waals surface area contributed by atoms with Crippen LogP contribution in [0.15, 0.2) is 18.2 Å². The molecule has 1 aromatic rings. The van der Waals surface area contributed by atoms with E-state index in [4.69, 9.17) is 4.74 Å². The Morgan fingerprint density at radius 3 is 2.56 bits per heavy atom. The van der Waals surface area contributed by atoms with Crippen molar-refractivity contribution < 1.29 is 9.53 Å². The number of rotatable bonds is 6. The first-order chi connectivity index (χ1) is 8.56. The first kappa shape index (κ1) is 14.6. The Morgan fingerprint density at radius 2 is 2.00 bits per heavy atom. The average molecular weight is 249 g/mol. The van der Waals surface area contributed by atoms with Crippen LogP contribution in [0.2, 0.25) is 0 Å². The summed E-state index contributed by atoms with van der Waals surface area (Å²) in [6.45, 7) is 8.16. The highest BCUT2D eigenvalue weighted by molar-refractivity contribution is 5.66. The molecular weight excluding hydrogens is 226 g/mol. The maximum Gasteiger partial charge on any atom is 0.302 e. The Bertz CT molecular complexity index is 397. The van der Waals surface area contributed by atoms with Crippen LogP contribution in [-0.2, 0) is 16.1 Å². The molecule has 0 unspecified atom stereocenters. The minimum Gasteiger partial charge on any atom is -0.461 e. The summed E-state index contributed by atoms with van der Waals surface area (Å²) < 4.78 is 5.05. The molecule has 3 nitrogen and oxygen atoms in total. The second-order valence-electron chi connectivity index (χ2n) is 4.58. The van der Waals surface area contributed by atoms with Crippen LogP contribution in [0.5, 0.6) is 0 Å². The molecule has 0 saturated carbocycles. The van der Waals surface area contributed by atoms with Gasteiger partial charge in [-0.05, 0) is 43.0 Å². The van der Waals surface area contributed by atoms with Gasteiger partial charge < -0.3 is 10.1 Å². The summed E-state index contributed by atoms with van der Waals surface area (Å²) in [5.74, 6) is -0.243. The largest absolute Gasteiger partial charge is 0.461 e. The average Bonchev–Trinajstić information content (AvgIpc) is 2.36. The van der Waals surface area contributed by atoms with E-state index < -0.39 is 0 Å². The van der Waals surface area contributed by atoms with Crippen LogP contribution in [0.25, 0.3) is 0 Å². The van der Waals surface area contributed by atoms with Gasteiger partial charge in [0.1, 0.15) is 6.61 Å². The predicted molar refractivity (Wildman–Crippen MR) is 74.6 cm³/mol. The standard InChI is InChI=1S/C15H23NO2/c1-5-14(6-2)16-15-8-7-11(3)13(9-15)10-18-12(4)17/h7-9,14,16H,5-6,10H2,1-4H3. The number of carbonyl (C=O) groups is 1. The second-order valence-corrected chi connectivity index (χ2v) is 4.58. The zero-order valence-corrected chi connectivity index (χ0v) is 11.7. The van der Waals surface area contributed by atoms with Crippen molar-refractivity contribution in [2.75, 3.05) is 5.32 Å². The molecule has 0 radical (unpaired) electrons. The molecule has 0 fully saturated rings. The van der Waals surface area contributed by atoms with Crippen molar-refractivity contribution in [1.82, 2.24) is 0 Å². The van der Waals surface area contributed by atoms with Gasteiger partial charge in [-0.2, -0.15) is 0 Å². The molecule has 0 atom stereocenters. The summed E-state index contributed by atoms with van der Waals surface area (Å²) in [4.78, 5) is 10.8. The summed E-state index contributed by atoms with van der Waals surface area (Å²) in [6.07, 6.45) is 2.20. The zero-order chi connectivity index (χ0) is 13.5. The number of hydrogen-bond acceptors (Lipinski definition) is 3. The Morgan fingerprint density at radius 1 is 1.33 bits per heavy atom. The van der Waals surface area contributed by atoms with Crippen LogP contribution < -0.4 is 5.32 Å². The van der Waals surface area contributed by atoms with Gasteiger partial charge in [-0.3, -0.25) is 4.79 Å². The van der Waals surface area contributed by atoms with Crippen molar-refractivity contribution in [2.24, 2.45) is 0 Å². The first-order valence-electron chi connectivity index (χ1n) is 6.56. The van der Waals surface area contributed by atoms with Crippen LogP contribution in [0.4, 0.5) is 5.69 Å². The highest BCUT2D eigenvalue weighted by Gasteiger charge is 2.06. The third-order valence-corrected chi connectivity index (χ3v) is 3.14. The summed E-state index contributed by atoms with van der Waals surface area (Å²) in [7, 11) is 0. The van der Waals surface area contributed by atoms with Crippen LogP contribution in [0.1, 0.15) is 44.7 Å². The summed E-state index contributed by atoms with van der Waals surface area (Å²) in [6, 6.07) is 6.69. The van der Waals surface area contributed by atoms with E-state index >= 15 is 0 Å². The number of hydrogen-bond donors (Lipinski definition) is 1. The number of carbonyl (C=O) groups excluding carboxylic acids is 1. The molecule has 0 aliphatic heterocycles. The van der Waals surface area contributed by atoms with Crippen molar-refractivity contribution >= 4 is 11.7 Å². The van der Waals surface area contributed by atoms with Crippen LogP contribution in [-0.4, -0.2) is 12.0 Å². The zero-order valence-electron chi connectivity index (χ0n) is 11.7. The highest BCUT2D eigenvalue weighted by atomic mass is 16.5. The Labute approximate surface area is 110 Å². The molecule has 1 rings (SSSR count). The van der Waals surface area contributed by atoms with E-state index in [2.05, 4.69) is 37.4 Å². The van der Waals surface area contributed by atoms with Crippen LogP contribution >= 0.6 is 0 Å². The van der Waals surface area contributed by atoms with Crippen molar-refractivity contribution in [3.05, 3.63) is 29.3 Å². The number of nitrogens with one attached hydrogen (secondary N) is 1. The third-order valence-electron chi connectivity index (χ3n) is 3.14. The van der Waals surface area contributed by atoms with Crippen molar-refractivity contribution in [3.8, 4) is 0 Å². The van der Waals surface area contributed by atoms with Gasteiger partial charge in [-0.1, -0.05) is 19.9 Å². The third kappa shape index (κ3) is 4.40. The molecule has 3 heteroatoms. The fraction of sp³-hybridized carbons (Fsp3) is 0.533. The number of aryl methyl sites for hydroxylation is 1. The fourth-order valence-corrected chi connectivity index (χ4v) is 1.82. The molecule has 1 aromatic carbocycles. The van der Waals surface area contributed by atoms with E-state index in [0.717, 1.165) is 29.7 Å². The van der Waals surface area contributed by atoms with Gasteiger partial charge in [-0.15, -0.1) is 0 Å². The number of anilines is 1. The summed E-state index contributed by atoms with van der Waals surface area (Å²) in [5, 5.41) is 3.49. The maximum atomic E-state index is 10.8. The van der Waals surface area contributed by atoms with Crippen LogP contribution in [0, 0.1) is 6.92 Å². The van der Waals surface area contributed by atoms with Gasteiger partial charge in [0, 0.05) is 18.7 Å². The van der Waals surface area contributed by atoms with Gasteiger partial charge in [0.15, 0.2) is 0 Å². The lowest BCUT2D eigenvalue weighted by atomic mass is 10.1. The molecule has 0 amide bonds. The van der Waals surface area contributed by atoms with Gasteiger partial charge in [0.05, 0.1) is 0 Å². The van der Waals surface area contributed by atoms with E-state index in [0.29, 0.717) is 12.6 Å². The molecular formula is C15H23NO2. The lowest BCUT2D eigenvalue weighted by molar-refractivity contribution is -0.142. The molecule has 0 aliphatic rings. The normalized spacial score (nSPS) is 10.5. The van der Waals surface area contributed by atoms with Crippen molar-refractivity contribution in [1.29, 1.82) is 0 Å². The Balaban J connectivity index is 2.76.